The van der Waals surface area contributed by atoms with Gasteiger partial charge in [-0.3, -0.25) is 4.90 Å². The molecule has 20 heavy (non-hydrogen) atoms. The van der Waals surface area contributed by atoms with Crippen LogP contribution in [0.1, 0.15) is 31.9 Å². The number of morpholine rings is 1. The minimum absolute atomic E-state index is 0.141. The van der Waals surface area contributed by atoms with E-state index >= 15 is 0 Å². The van der Waals surface area contributed by atoms with Gasteiger partial charge < -0.3 is 10.5 Å². The van der Waals surface area contributed by atoms with E-state index in [1.165, 1.54) is 6.07 Å². The SMILES string of the molecule is CCC1COC(C)CN1CC(N)c1cc(F)ccc1F. The Kier molecular flexibility index (Phi) is 5.07. The number of ether oxygens (including phenoxy) is 1. The summed E-state index contributed by atoms with van der Waals surface area (Å²) in [5.41, 5.74) is 6.30. The minimum Gasteiger partial charge on any atom is -0.376 e. The molecule has 0 radical (unpaired) electrons. The van der Waals surface area contributed by atoms with Crippen LogP contribution in [0, 0.1) is 11.6 Å². The molecular formula is C15H22F2N2O. The predicted molar refractivity (Wildman–Crippen MR) is 74.4 cm³/mol. The highest BCUT2D eigenvalue weighted by Gasteiger charge is 2.27. The monoisotopic (exact) mass is 284 g/mol. The Bertz CT molecular complexity index is 455. The molecule has 1 saturated heterocycles. The highest BCUT2D eigenvalue weighted by Crippen LogP contribution is 2.21. The Labute approximate surface area is 118 Å². The average Bonchev–Trinajstić information content (AvgIpc) is 2.41. The maximum Gasteiger partial charge on any atom is 0.128 e. The molecule has 5 heteroatoms. The fraction of sp³-hybridized carbons (Fsp3) is 0.600. The summed E-state index contributed by atoms with van der Waals surface area (Å²) in [6.45, 7) is 6.03. The molecule has 1 aliphatic heterocycles. The van der Waals surface area contributed by atoms with Crippen molar-refractivity contribution in [3.8, 4) is 0 Å². The lowest BCUT2D eigenvalue weighted by molar-refractivity contribution is -0.0575. The van der Waals surface area contributed by atoms with Crippen LogP contribution in [0.3, 0.4) is 0 Å². The van der Waals surface area contributed by atoms with Gasteiger partial charge >= 0.3 is 0 Å². The molecule has 0 saturated carbocycles. The van der Waals surface area contributed by atoms with Gasteiger partial charge in [0.2, 0.25) is 0 Å². The number of hydrogen-bond acceptors (Lipinski definition) is 3. The number of rotatable bonds is 4. The highest BCUT2D eigenvalue weighted by atomic mass is 19.1. The molecule has 0 aliphatic carbocycles. The van der Waals surface area contributed by atoms with Crippen LogP contribution in [0.25, 0.3) is 0 Å². The van der Waals surface area contributed by atoms with Gasteiger partial charge in [0.05, 0.1) is 12.7 Å². The van der Waals surface area contributed by atoms with Crippen molar-refractivity contribution in [2.45, 2.75) is 38.5 Å². The van der Waals surface area contributed by atoms with Gasteiger partial charge in [0.15, 0.2) is 0 Å². The Morgan fingerprint density at radius 2 is 2.20 bits per heavy atom. The number of benzene rings is 1. The van der Waals surface area contributed by atoms with Crippen molar-refractivity contribution < 1.29 is 13.5 Å². The second-order valence-corrected chi connectivity index (χ2v) is 5.43. The van der Waals surface area contributed by atoms with Gasteiger partial charge in [0, 0.05) is 30.7 Å². The van der Waals surface area contributed by atoms with Crippen molar-refractivity contribution in [2.75, 3.05) is 19.7 Å². The quantitative estimate of drug-likeness (QED) is 0.923. The normalized spacial score (nSPS) is 25.6. The number of halogens is 2. The maximum atomic E-state index is 13.7. The molecule has 1 aliphatic rings. The van der Waals surface area contributed by atoms with Crippen molar-refractivity contribution in [1.29, 1.82) is 0 Å². The summed E-state index contributed by atoms with van der Waals surface area (Å²) >= 11 is 0. The Hall–Kier alpha value is -1.04. The second-order valence-electron chi connectivity index (χ2n) is 5.43. The Balaban J connectivity index is 2.09. The largest absolute Gasteiger partial charge is 0.376 e. The lowest BCUT2D eigenvalue weighted by atomic mass is 10.0. The van der Waals surface area contributed by atoms with Gasteiger partial charge in [-0.2, -0.15) is 0 Å². The molecule has 1 heterocycles. The van der Waals surface area contributed by atoms with E-state index in [9.17, 15) is 8.78 Å². The Morgan fingerprint density at radius 3 is 2.90 bits per heavy atom. The summed E-state index contributed by atoms with van der Waals surface area (Å²) in [5.74, 6) is -0.910. The van der Waals surface area contributed by atoms with Crippen LogP contribution < -0.4 is 5.73 Å². The molecule has 0 amide bonds. The smallest absolute Gasteiger partial charge is 0.128 e. The van der Waals surface area contributed by atoms with Crippen molar-refractivity contribution in [1.82, 2.24) is 4.90 Å². The van der Waals surface area contributed by atoms with Gasteiger partial charge in [-0.15, -0.1) is 0 Å². The van der Waals surface area contributed by atoms with E-state index in [1.54, 1.807) is 0 Å². The predicted octanol–water partition coefficient (Wildman–Crippen LogP) is 2.46. The van der Waals surface area contributed by atoms with Crippen LogP contribution in [-0.2, 0) is 4.74 Å². The third kappa shape index (κ3) is 3.53. The van der Waals surface area contributed by atoms with E-state index in [1.807, 2.05) is 6.92 Å². The van der Waals surface area contributed by atoms with E-state index < -0.39 is 17.7 Å². The standard InChI is InChI=1S/C15H22F2N2O/c1-3-12-9-20-10(2)7-19(12)8-15(18)13-6-11(16)4-5-14(13)17/h4-6,10,12,15H,3,7-9,18H2,1-2H3. The van der Waals surface area contributed by atoms with Gasteiger partial charge in [0.1, 0.15) is 11.6 Å². The van der Waals surface area contributed by atoms with Crippen molar-refractivity contribution in [3.63, 3.8) is 0 Å². The minimum atomic E-state index is -0.537. The zero-order valence-electron chi connectivity index (χ0n) is 12.0. The van der Waals surface area contributed by atoms with Crippen molar-refractivity contribution in [3.05, 3.63) is 35.4 Å². The number of hydrogen-bond donors (Lipinski definition) is 1. The summed E-state index contributed by atoms with van der Waals surface area (Å²) < 4.78 is 32.6. The first-order valence-corrected chi connectivity index (χ1v) is 7.07. The third-order valence-electron chi connectivity index (χ3n) is 3.84. The molecule has 2 N–H and O–H groups in total. The lowest BCUT2D eigenvalue weighted by Crippen LogP contribution is -2.50. The summed E-state index contributed by atoms with van der Waals surface area (Å²) in [7, 11) is 0. The average molecular weight is 284 g/mol. The fourth-order valence-corrected chi connectivity index (χ4v) is 2.66. The molecule has 3 nitrogen and oxygen atoms in total. The molecule has 1 aromatic rings. The summed E-state index contributed by atoms with van der Waals surface area (Å²) in [6.07, 6.45) is 1.09. The first kappa shape index (κ1) is 15.4. The van der Waals surface area contributed by atoms with Gasteiger partial charge in [0.25, 0.3) is 0 Å². The van der Waals surface area contributed by atoms with Gasteiger partial charge in [-0.25, -0.2) is 8.78 Å². The molecule has 0 aromatic heterocycles. The van der Waals surface area contributed by atoms with Gasteiger partial charge in [-0.05, 0) is 31.5 Å². The van der Waals surface area contributed by atoms with Crippen molar-refractivity contribution >= 4 is 0 Å². The molecular weight excluding hydrogens is 262 g/mol. The molecule has 3 atom stereocenters. The summed E-state index contributed by atoms with van der Waals surface area (Å²) in [4.78, 5) is 2.21. The fourth-order valence-electron chi connectivity index (χ4n) is 2.66. The van der Waals surface area contributed by atoms with E-state index in [4.69, 9.17) is 10.5 Å². The summed E-state index contributed by atoms with van der Waals surface area (Å²) in [6, 6.07) is 3.17. The second kappa shape index (κ2) is 6.61. The molecule has 1 aromatic carbocycles. The van der Waals surface area contributed by atoms with Crippen LogP contribution in [0.15, 0.2) is 18.2 Å². The molecule has 112 valence electrons. The Morgan fingerprint density at radius 1 is 1.45 bits per heavy atom. The van der Waals surface area contributed by atoms with Crippen LogP contribution in [0.2, 0.25) is 0 Å². The third-order valence-corrected chi connectivity index (χ3v) is 3.84. The van der Waals surface area contributed by atoms with Crippen molar-refractivity contribution in [2.24, 2.45) is 5.73 Å². The maximum absolute atomic E-state index is 13.7. The molecule has 0 spiro atoms. The molecule has 1 fully saturated rings. The number of nitrogens with zero attached hydrogens (tertiary/aromatic N) is 1. The zero-order valence-corrected chi connectivity index (χ0v) is 12.0. The highest BCUT2D eigenvalue weighted by molar-refractivity contribution is 5.22. The summed E-state index contributed by atoms with van der Waals surface area (Å²) in [5, 5.41) is 0. The molecule has 2 rings (SSSR count). The first-order chi connectivity index (χ1) is 9.51. The van der Waals surface area contributed by atoms with Crippen LogP contribution in [0.4, 0.5) is 8.78 Å². The molecule has 3 unspecified atom stereocenters. The van der Waals surface area contributed by atoms with E-state index in [0.29, 0.717) is 13.2 Å². The van der Waals surface area contributed by atoms with E-state index in [0.717, 1.165) is 25.1 Å². The van der Waals surface area contributed by atoms with Crippen LogP contribution in [0.5, 0.6) is 0 Å². The van der Waals surface area contributed by atoms with Crippen LogP contribution >= 0.6 is 0 Å². The van der Waals surface area contributed by atoms with Crippen LogP contribution in [-0.4, -0.2) is 36.7 Å². The molecule has 0 bridgehead atoms. The number of nitrogens with two attached hydrogens (primary N) is 1. The van der Waals surface area contributed by atoms with E-state index in [2.05, 4.69) is 11.8 Å². The van der Waals surface area contributed by atoms with Gasteiger partial charge in [-0.1, -0.05) is 6.92 Å². The first-order valence-electron chi connectivity index (χ1n) is 7.07. The lowest BCUT2D eigenvalue weighted by Gasteiger charge is -2.39. The zero-order chi connectivity index (χ0) is 14.7. The van der Waals surface area contributed by atoms with E-state index in [-0.39, 0.29) is 17.7 Å². The topological polar surface area (TPSA) is 38.5 Å².